The first-order valence-corrected chi connectivity index (χ1v) is 8.55. The third-order valence-electron chi connectivity index (χ3n) is 3.03. The molecular weight excluding hydrogens is 334 g/mol. The van der Waals surface area contributed by atoms with Crippen molar-refractivity contribution in [2.24, 2.45) is 5.73 Å². The maximum Gasteiger partial charge on any atom is 0.251 e. The molecule has 2 heterocycles. The highest BCUT2D eigenvalue weighted by Gasteiger charge is 2.21. The highest BCUT2D eigenvalue weighted by atomic mass is 32.2. The minimum absolute atomic E-state index is 0.231. The molecule has 0 spiro atoms. The average molecular weight is 351 g/mol. The second kappa shape index (κ2) is 7.42. The van der Waals surface area contributed by atoms with Crippen molar-refractivity contribution in [1.29, 1.82) is 0 Å². The summed E-state index contributed by atoms with van der Waals surface area (Å²) in [6.45, 7) is 7.88. The number of anilines is 1. The molecule has 2 aromatic rings. The fourth-order valence-electron chi connectivity index (χ4n) is 1.81. The van der Waals surface area contributed by atoms with Gasteiger partial charge in [-0.25, -0.2) is 0 Å². The van der Waals surface area contributed by atoms with Gasteiger partial charge >= 0.3 is 0 Å². The Labute approximate surface area is 142 Å². The molecule has 7 nitrogen and oxygen atoms in total. The summed E-state index contributed by atoms with van der Waals surface area (Å²) in [5.74, 6) is -0.0387. The molecule has 1 atom stereocenters. The fourth-order valence-corrected chi connectivity index (χ4v) is 3.51. The predicted octanol–water partition coefficient (Wildman–Crippen LogP) is 2.05. The Balaban J connectivity index is 2.07. The van der Waals surface area contributed by atoms with Crippen molar-refractivity contribution in [1.82, 2.24) is 14.8 Å². The van der Waals surface area contributed by atoms with Gasteiger partial charge in [0.2, 0.25) is 5.91 Å². The van der Waals surface area contributed by atoms with Crippen molar-refractivity contribution < 1.29 is 9.59 Å². The van der Waals surface area contributed by atoms with E-state index in [9.17, 15) is 9.59 Å². The van der Waals surface area contributed by atoms with Crippen LogP contribution in [0.25, 0.3) is 0 Å². The lowest BCUT2D eigenvalue weighted by Crippen LogP contribution is -2.24. The van der Waals surface area contributed by atoms with Gasteiger partial charge in [-0.3, -0.25) is 9.59 Å². The summed E-state index contributed by atoms with van der Waals surface area (Å²) in [7, 11) is 0. The Kier molecular flexibility index (Phi) is 5.56. The Morgan fingerprint density at radius 3 is 2.96 bits per heavy atom. The number of nitrogens with one attached hydrogen (secondary N) is 1. The maximum atomic E-state index is 12.3. The number of carbonyl (C=O) groups is 2. The first-order valence-electron chi connectivity index (χ1n) is 6.79. The van der Waals surface area contributed by atoms with E-state index in [1.165, 1.54) is 23.1 Å². The zero-order valence-electron chi connectivity index (χ0n) is 12.8. The molecular formula is C14H17N5O2S2. The molecule has 2 amide bonds. The Bertz CT molecular complexity index is 737. The van der Waals surface area contributed by atoms with Crippen LogP contribution in [0.3, 0.4) is 0 Å². The van der Waals surface area contributed by atoms with Crippen LogP contribution in [-0.2, 0) is 11.3 Å². The molecule has 0 fully saturated rings. The van der Waals surface area contributed by atoms with Crippen molar-refractivity contribution in [3.8, 4) is 0 Å². The standard InChI is InChI=1S/C14H17N5O2S2/c1-4-6-19-9(3)17-18-14(19)23-8(2)12(21)16-13-10(11(15)20)5-7-22-13/h4-5,7-8H,1,6H2,2-3H3,(H2,15,20)(H,16,21)/t8-/m0/s1. The van der Waals surface area contributed by atoms with E-state index in [0.29, 0.717) is 22.3 Å². The summed E-state index contributed by atoms with van der Waals surface area (Å²) in [5.41, 5.74) is 5.58. The van der Waals surface area contributed by atoms with E-state index >= 15 is 0 Å². The monoisotopic (exact) mass is 351 g/mol. The summed E-state index contributed by atoms with van der Waals surface area (Å²) in [6.07, 6.45) is 1.75. The van der Waals surface area contributed by atoms with Crippen LogP contribution in [0, 0.1) is 6.92 Å². The maximum absolute atomic E-state index is 12.3. The van der Waals surface area contributed by atoms with Gasteiger partial charge in [0.05, 0.1) is 10.8 Å². The summed E-state index contributed by atoms with van der Waals surface area (Å²) >= 11 is 2.55. The van der Waals surface area contributed by atoms with Gasteiger partial charge in [0.1, 0.15) is 10.8 Å². The third-order valence-corrected chi connectivity index (χ3v) is 4.94. The van der Waals surface area contributed by atoms with E-state index < -0.39 is 11.2 Å². The van der Waals surface area contributed by atoms with Crippen LogP contribution in [-0.4, -0.2) is 31.8 Å². The van der Waals surface area contributed by atoms with Crippen molar-refractivity contribution >= 4 is 39.9 Å². The lowest BCUT2D eigenvalue weighted by molar-refractivity contribution is -0.115. The number of allylic oxidation sites excluding steroid dienone is 1. The van der Waals surface area contributed by atoms with Crippen molar-refractivity contribution in [3.63, 3.8) is 0 Å². The van der Waals surface area contributed by atoms with Gasteiger partial charge in [-0.1, -0.05) is 17.8 Å². The normalized spacial score (nSPS) is 11.9. The molecule has 0 unspecified atom stereocenters. The second-order valence-electron chi connectivity index (χ2n) is 4.71. The summed E-state index contributed by atoms with van der Waals surface area (Å²) in [4.78, 5) is 23.6. The first kappa shape index (κ1) is 17.2. The highest BCUT2D eigenvalue weighted by molar-refractivity contribution is 8.00. The van der Waals surface area contributed by atoms with Crippen LogP contribution in [0.15, 0.2) is 29.3 Å². The number of nitrogens with two attached hydrogens (primary N) is 1. The third kappa shape index (κ3) is 3.99. The van der Waals surface area contributed by atoms with Gasteiger partial charge in [0, 0.05) is 6.54 Å². The molecule has 0 aromatic carbocycles. The fraction of sp³-hybridized carbons (Fsp3) is 0.286. The Hall–Kier alpha value is -2.13. The molecule has 2 rings (SSSR count). The van der Waals surface area contributed by atoms with E-state index in [4.69, 9.17) is 5.73 Å². The Morgan fingerprint density at radius 2 is 2.30 bits per heavy atom. The molecule has 0 aliphatic heterocycles. The van der Waals surface area contributed by atoms with E-state index in [-0.39, 0.29) is 5.91 Å². The van der Waals surface area contributed by atoms with Crippen LogP contribution in [0.2, 0.25) is 0 Å². The molecule has 3 N–H and O–H groups in total. The largest absolute Gasteiger partial charge is 0.366 e. The number of rotatable bonds is 7. The van der Waals surface area contributed by atoms with Gasteiger partial charge in [0.25, 0.3) is 5.91 Å². The predicted molar refractivity (Wildman–Crippen MR) is 91.7 cm³/mol. The smallest absolute Gasteiger partial charge is 0.251 e. The highest BCUT2D eigenvalue weighted by Crippen LogP contribution is 2.26. The Morgan fingerprint density at radius 1 is 1.57 bits per heavy atom. The van der Waals surface area contributed by atoms with Gasteiger partial charge in [0.15, 0.2) is 5.16 Å². The first-order chi connectivity index (χ1) is 10.9. The zero-order valence-corrected chi connectivity index (χ0v) is 14.4. The molecule has 0 aliphatic rings. The van der Waals surface area contributed by atoms with Gasteiger partial charge in [-0.2, -0.15) is 0 Å². The summed E-state index contributed by atoms with van der Waals surface area (Å²) in [6, 6.07) is 1.59. The van der Waals surface area contributed by atoms with E-state index in [1.807, 2.05) is 11.5 Å². The van der Waals surface area contributed by atoms with Crippen molar-refractivity contribution in [2.45, 2.75) is 30.8 Å². The number of primary amides is 1. The lowest BCUT2D eigenvalue weighted by Gasteiger charge is -2.12. The van der Waals surface area contributed by atoms with Crippen LogP contribution < -0.4 is 11.1 Å². The summed E-state index contributed by atoms with van der Waals surface area (Å²) in [5, 5.41) is 13.2. The summed E-state index contributed by atoms with van der Waals surface area (Å²) < 4.78 is 1.88. The number of thioether (sulfide) groups is 1. The number of aryl methyl sites for hydroxylation is 1. The minimum atomic E-state index is -0.566. The topological polar surface area (TPSA) is 103 Å². The number of carbonyl (C=O) groups excluding carboxylic acids is 2. The second-order valence-corrected chi connectivity index (χ2v) is 6.93. The molecule has 9 heteroatoms. The number of hydrogen-bond donors (Lipinski definition) is 2. The molecule has 122 valence electrons. The molecule has 23 heavy (non-hydrogen) atoms. The van der Waals surface area contributed by atoms with Crippen molar-refractivity contribution in [3.05, 3.63) is 35.5 Å². The number of thiophene rings is 1. The molecule has 2 aromatic heterocycles. The van der Waals surface area contributed by atoms with E-state index in [0.717, 1.165) is 5.82 Å². The minimum Gasteiger partial charge on any atom is -0.366 e. The quantitative estimate of drug-likeness (QED) is 0.587. The SMILES string of the molecule is C=CCn1c(C)nnc1S[C@@H](C)C(=O)Nc1sccc1C(N)=O. The van der Waals surface area contributed by atoms with Gasteiger partial charge < -0.3 is 15.6 Å². The molecule has 0 saturated carbocycles. The van der Waals surface area contributed by atoms with E-state index in [2.05, 4.69) is 22.1 Å². The number of amides is 2. The average Bonchev–Trinajstić information content (AvgIpc) is 3.09. The van der Waals surface area contributed by atoms with Crippen LogP contribution in [0.4, 0.5) is 5.00 Å². The lowest BCUT2D eigenvalue weighted by atomic mass is 10.3. The molecule has 0 aliphatic carbocycles. The molecule has 0 bridgehead atoms. The van der Waals surface area contributed by atoms with Gasteiger partial charge in [-0.15, -0.1) is 28.1 Å². The van der Waals surface area contributed by atoms with E-state index in [1.54, 1.807) is 24.4 Å². The van der Waals surface area contributed by atoms with Crippen LogP contribution in [0.5, 0.6) is 0 Å². The number of hydrogen-bond acceptors (Lipinski definition) is 6. The van der Waals surface area contributed by atoms with Gasteiger partial charge in [-0.05, 0) is 25.3 Å². The number of aromatic nitrogens is 3. The number of nitrogens with zero attached hydrogens (tertiary/aromatic N) is 3. The van der Waals surface area contributed by atoms with Crippen LogP contribution in [0.1, 0.15) is 23.1 Å². The zero-order chi connectivity index (χ0) is 17.0. The van der Waals surface area contributed by atoms with Crippen molar-refractivity contribution in [2.75, 3.05) is 5.32 Å². The molecule has 0 radical (unpaired) electrons. The van der Waals surface area contributed by atoms with Crippen LogP contribution >= 0.6 is 23.1 Å². The molecule has 0 saturated heterocycles.